The van der Waals surface area contributed by atoms with Gasteiger partial charge in [-0.25, -0.2) is 0 Å². The smallest absolute Gasteiger partial charge is 0.153 e. The van der Waals surface area contributed by atoms with Crippen molar-refractivity contribution in [1.29, 1.82) is 0 Å². The molecule has 0 bridgehead atoms. The van der Waals surface area contributed by atoms with E-state index in [1.807, 2.05) is 24.4 Å². The number of hydrogen-bond donors (Lipinski definition) is 0. The molecule has 0 fully saturated rings. The zero-order valence-corrected chi connectivity index (χ0v) is 32.0. The largest absolute Gasteiger partial charge is 0.454 e. The van der Waals surface area contributed by atoms with E-state index in [0.29, 0.717) is 0 Å². The molecule has 276 valence electrons. The molecule has 0 atom stereocenters. The van der Waals surface area contributed by atoms with E-state index in [1.54, 1.807) is 0 Å². The lowest BCUT2D eigenvalue weighted by atomic mass is 10.00. The van der Waals surface area contributed by atoms with Crippen LogP contribution in [0.2, 0.25) is 0 Å². The topological polar surface area (TPSA) is 34.2 Å². The summed E-state index contributed by atoms with van der Waals surface area (Å²) in [5, 5.41) is 9.82. The highest BCUT2D eigenvalue weighted by Gasteiger charge is 2.18. The number of pyridine rings is 1. The van der Waals surface area contributed by atoms with Crippen molar-refractivity contribution < 1.29 is 4.42 Å². The SMILES string of the molecule is c1ccc(N(c2ccc(-c3ccc(-n4c5ccc6ccccc6c5c5c6ccccc6ccc54)cc3)cc2)c2cccc(-c3cc4c(cn3)oc3ccccc34)c2)cc1. The maximum Gasteiger partial charge on any atom is 0.153 e. The minimum atomic E-state index is 0.793. The third kappa shape index (κ3) is 5.42. The molecule has 4 nitrogen and oxygen atoms in total. The quantitative estimate of drug-likeness (QED) is 0.170. The second kappa shape index (κ2) is 13.3. The maximum atomic E-state index is 6.07. The standard InChI is InChI=1S/C55H35N3O/c1-2-14-41(15-3-1)57(44-16-10-13-40(33-44)49-34-48-47-19-8-9-20-52(47)59-53(48)35-56-49)42-27-21-36(22-28-42)37-23-29-43(30-24-37)58-50-31-25-38-11-4-6-17-45(38)54(50)55-46-18-7-5-12-39(46)26-32-51(55)58/h1-35H. The van der Waals surface area contributed by atoms with Crippen LogP contribution < -0.4 is 4.90 Å². The van der Waals surface area contributed by atoms with Crippen LogP contribution in [0.1, 0.15) is 0 Å². The Balaban J connectivity index is 0.912. The van der Waals surface area contributed by atoms with Crippen LogP contribution in [0, 0.1) is 0 Å². The van der Waals surface area contributed by atoms with Crippen LogP contribution in [0.3, 0.4) is 0 Å². The highest BCUT2D eigenvalue weighted by atomic mass is 16.3. The number of anilines is 3. The Labute approximate surface area is 340 Å². The summed E-state index contributed by atoms with van der Waals surface area (Å²) in [6.07, 6.45) is 1.84. The molecule has 0 saturated heterocycles. The van der Waals surface area contributed by atoms with E-state index < -0.39 is 0 Å². The van der Waals surface area contributed by atoms with Crippen LogP contribution in [0.4, 0.5) is 17.1 Å². The van der Waals surface area contributed by atoms with Crippen LogP contribution in [-0.4, -0.2) is 9.55 Å². The second-order valence-corrected chi connectivity index (χ2v) is 15.2. The Bertz CT molecular complexity index is 3450. The van der Waals surface area contributed by atoms with Gasteiger partial charge in [-0.15, -0.1) is 0 Å². The number of nitrogens with zero attached hydrogens (tertiary/aromatic N) is 3. The fourth-order valence-electron chi connectivity index (χ4n) is 9.05. The molecule has 0 aliphatic carbocycles. The van der Waals surface area contributed by atoms with E-state index in [4.69, 9.17) is 9.40 Å². The van der Waals surface area contributed by atoms with Crippen molar-refractivity contribution in [2.45, 2.75) is 0 Å². The van der Waals surface area contributed by atoms with Gasteiger partial charge in [-0.2, -0.15) is 0 Å². The first-order chi connectivity index (χ1) is 29.2. The Morgan fingerprint density at radius 3 is 1.66 bits per heavy atom. The zero-order valence-electron chi connectivity index (χ0n) is 32.0. The van der Waals surface area contributed by atoms with Gasteiger partial charge in [0, 0.05) is 49.9 Å². The fraction of sp³-hybridized carbons (Fsp3) is 0. The predicted molar refractivity (Wildman–Crippen MR) is 246 cm³/mol. The van der Waals surface area contributed by atoms with Gasteiger partial charge in [-0.3, -0.25) is 4.98 Å². The number of furan rings is 1. The van der Waals surface area contributed by atoms with Gasteiger partial charge in [0.15, 0.2) is 5.58 Å². The number of rotatable bonds is 6. The summed E-state index contributed by atoms with van der Waals surface area (Å²) in [6, 6.07) is 73.9. The van der Waals surface area contributed by atoms with Crippen molar-refractivity contribution in [1.82, 2.24) is 9.55 Å². The molecule has 0 radical (unpaired) electrons. The highest BCUT2D eigenvalue weighted by molar-refractivity contribution is 6.28. The molecule has 9 aromatic carbocycles. The maximum absolute atomic E-state index is 6.07. The molecular weight excluding hydrogens is 719 g/mol. The normalized spacial score (nSPS) is 11.7. The highest BCUT2D eigenvalue weighted by Crippen LogP contribution is 2.42. The Hall–Kier alpha value is -7.95. The zero-order chi connectivity index (χ0) is 38.9. The van der Waals surface area contributed by atoms with Gasteiger partial charge in [0.2, 0.25) is 0 Å². The second-order valence-electron chi connectivity index (χ2n) is 15.2. The lowest BCUT2D eigenvalue weighted by Crippen LogP contribution is -2.09. The van der Waals surface area contributed by atoms with E-state index in [1.165, 1.54) is 48.9 Å². The third-order valence-corrected chi connectivity index (χ3v) is 11.8. The van der Waals surface area contributed by atoms with Crippen molar-refractivity contribution in [3.05, 3.63) is 212 Å². The molecule has 0 saturated carbocycles. The van der Waals surface area contributed by atoms with Gasteiger partial charge < -0.3 is 13.9 Å². The molecule has 0 spiro atoms. The van der Waals surface area contributed by atoms with E-state index >= 15 is 0 Å². The van der Waals surface area contributed by atoms with Crippen LogP contribution in [0.15, 0.2) is 217 Å². The molecule has 3 aromatic heterocycles. The van der Waals surface area contributed by atoms with E-state index in [-0.39, 0.29) is 0 Å². The number of aromatic nitrogens is 2. The molecule has 12 aromatic rings. The lowest BCUT2D eigenvalue weighted by Gasteiger charge is -2.26. The average molecular weight is 754 g/mol. The number of benzene rings is 9. The van der Waals surface area contributed by atoms with Crippen molar-refractivity contribution in [2.24, 2.45) is 0 Å². The molecule has 0 amide bonds. The Morgan fingerprint density at radius 2 is 0.966 bits per heavy atom. The summed E-state index contributed by atoms with van der Waals surface area (Å²) >= 11 is 0. The minimum Gasteiger partial charge on any atom is -0.454 e. The fourth-order valence-corrected chi connectivity index (χ4v) is 9.05. The van der Waals surface area contributed by atoms with Gasteiger partial charge in [0.25, 0.3) is 0 Å². The van der Waals surface area contributed by atoms with Gasteiger partial charge in [0.1, 0.15) is 5.58 Å². The molecule has 0 N–H and O–H groups in total. The predicted octanol–water partition coefficient (Wildman–Crippen LogP) is 15.2. The van der Waals surface area contributed by atoms with Crippen molar-refractivity contribution in [2.75, 3.05) is 4.90 Å². The van der Waals surface area contributed by atoms with Crippen LogP contribution in [-0.2, 0) is 0 Å². The van der Waals surface area contributed by atoms with Gasteiger partial charge in [-0.05, 0) is 105 Å². The number of hydrogen-bond acceptors (Lipinski definition) is 3. The van der Waals surface area contributed by atoms with Crippen molar-refractivity contribution in [3.63, 3.8) is 0 Å². The lowest BCUT2D eigenvalue weighted by molar-refractivity contribution is 0.667. The molecule has 0 aliphatic rings. The van der Waals surface area contributed by atoms with Crippen LogP contribution in [0.25, 0.3) is 93.4 Å². The minimum absolute atomic E-state index is 0.793. The summed E-state index contributed by atoms with van der Waals surface area (Å²) in [6.45, 7) is 0. The van der Waals surface area contributed by atoms with Gasteiger partial charge in [-0.1, -0.05) is 133 Å². The van der Waals surface area contributed by atoms with Crippen LogP contribution >= 0.6 is 0 Å². The third-order valence-electron chi connectivity index (χ3n) is 11.8. The van der Waals surface area contributed by atoms with E-state index in [2.05, 4.69) is 198 Å². The molecule has 0 unspecified atom stereocenters. The Morgan fingerprint density at radius 1 is 0.390 bits per heavy atom. The summed E-state index contributed by atoms with van der Waals surface area (Å²) in [4.78, 5) is 7.13. The molecule has 4 heteroatoms. The van der Waals surface area contributed by atoms with Crippen LogP contribution in [0.5, 0.6) is 0 Å². The monoisotopic (exact) mass is 753 g/mol. The van der Waals surface area contributed by atoms with E-state index in [0.717, 1.165) is 61.5 Å². The first kappa shape index (κ1) is 33.2. The van der Waals surface area contributed by atoms with E-state index in [9.17, 15) is 0 Å². The number of para-hydroxylation sites is 2. The molecule has 59 heavy (non-hydrogen) atoms. The first-order valence-corrected chi connectivity index (χ1v) is 20.0. The first-order valence-electron chi connectivity index (χ1n) is 20.0. The molecule has 3 heterocycles. The summed E-state index contributed by atoms with van der Waals surface area (Å²) in [5.74, 6) is 0. The summed E-state index contributed by atoms with van der Waals surface area (Å²) in [7, 11) is 0. The van der Waals surface area contributed by atoms with Gasteiger partial charge >= 0.3 is 0 Å². The molecular formula is C55H35N3O. The number of fused-ring (bicyclic) bond motifs is 10. The van der Waals surface area contributed by atoms with Crippen molar-refractivity contribution in [3.8, 4) is 28.1 Å². The average Bonchev–Trinajstić information content (AvgIpc) is 3.86. The summed E-state index contributed by atoms with van der Waals surface area (Å²) < 4.78 is 8.49. The van der Waals surface area contributed by atoms with Gasteiger partial charge in [0.05, 0.1) is 22.9 Å². The summed E-state index contributed by atoms with van der Waals surface area (Å²) in [5.41, 5.74) is 12.7. The van der Waals surface area contributed by atoms with Crippen molar-refractivity contribution >= 4 is 82.4 Å². The molecule has 0 aliphatic heterocycles. The molecule has 12 rings (SSSR count). The Kier molecular flexibility index (Phi) is 7.50.